The van der Waals surface area contributed by atoms with Crippen molar-refractivity contribution in [2.24, 2.45) is 0 Å². The van der Waals surface area contributed by atoms with E-state index in [1.807, 2.05) is 0 Å². The number of carbonyl (C=O) groups excluding carboxylic acids is 3. The van der Waals surface area contributed by atoms with E-state index in [4.69, 9.17) is 9.47 Å². The fourth-order valence-corrected chi connectivity index (χ4v) is 3.91. The van der Waals surface area contributed by atoms with E-state index in [1.165, 1.54) is 27.7 Å². The fourth-order valence-electron chi connectivity index (χ4n) is 3.91. The first kappa shape index (κ1) is 30.6. The third-order valence-electron chi connectivity index (χ3n) is 5.48. The smallest absolute Gasteiger partial charge is 0.462 e. The van der Waals surface area contributed by atoms with Crippen LogP contribution >= 0.6 is 0 Å². The van der Waals surface area contributed by atoms with E-state index in [2.05, 4.69) is 10.1 Å². The Bertz CT molecular complexity index is 1270. The molecule has 2 aromatic carbocycles. The highest BCUT2D eigenvalue weighted by atomic mass is 19.4. The molecule has 40 heavy (non-hydrogen) atoms. The van der Waals surface area contributed by atoms with Crippen molar-refractivity contribution in [3.05, 3.63) is 58.9 Å². The topological polar surface area (TPSA) is 94.2 Å². The lowest BCUT2D eigenvalue weighted by Crippen LogP contribution is -2.49. The first-order valence-corrected chi connectivity index (χ1v) is 11.9. The third kappa shape index (κ3) is 7.57. The number of hydrogen-bond acceptors (Lipinski definition) is 6. The zero-order chi connectivity index (χ0) is 30.0. The Kier molecular flexibility index (Phi) is 8.60. The van der Waals surface area contributed by atoms with Crippen LogP contribution in [0.1, 0.15) is 55.6 Å². The van der Waals surface area contributed by atoms with Crippen LogP contribution in [0.25, 0.3) is 0 Å². The van der Waals surface area contributed by atoms with Gasteiger partial charge in [-0.3, -0.25) is 4.79 Å². The first-order valence-electron chi connectivity index (χ1n) is 11.9. The maximum absolute atomic E-state index is 15.5. The number of esters is 1. The number of ether oxygens (including phenoxy) is 3. The van der Waals surface area contributed by atoms with Crippen LogP contribution in [0.5, 0.6) is 5.75 Å². The number of amides is 2. The molecule has 1 N–H and O–H groups in total. The van der Waals surface area contributed by atoms with Gasteiger partial charge in [0, 0.05) is 12.0 Å². The number of carbonyl (C=O) groups is 3. The predicted molar refractivity (Wildman–Crippen MR) is 128 cm³/mol. The maximum Gasteiger partial charge on any atom is 0.573 e. The van der Waals surface area contributed by atoms with Crippen LogP contribution in [0.2, 0.25) is 0 Å². The Morgan fingerprint density at radius 3 is 2.27 bits per heavy atom. The van der Waals surface area contributed by atoms with Crippen molar-refractivity contribution in [2.75, 3.05) is 11.5 Å². The Balaban J connectivity index is 2.09. The van der Waals surface area contributed by atoms with Gasteiger partial charge in [-0.25, -0.2) is 22.8 Å². The van der Waals surface area contributed by atoms with Crippen LogP contribution in [0.4, 0.5) is 36.8 Å². The van der Waals surface area contributed by atoms with Crippen LogP contribution in [0.15, 0.2) is 36.4 Å². The summed E-state index contributed by atoms with van der Waals surface area (Å²) in [6.07, 6.45) is -7.40. The number of halogens is 6. The molecule has 1 unspecified atom stereocenters. The van der Waals surface area contributed by atoms with E-state index in [-0.39, 0.29) is 12.2 Å². The fraction of sp³-hybridized carbons (Fsp3) is 0.423. The largest absolute Gasteiger partial charge is 0.573 e. The number of alkyl carbamates (subject to hydrolysis) is 1. The highest BCUT2D eigenvalue weighted by Crippen LogP contribution is 2.44. The number of hydrogen-bond donors (Lipinski definition) is 1. The van der Waals surface area contributed by atoms with Gasteiger partial charge in [-0.1, -0.05) is 12.1 Å². The molecule has 8 nitrogen and oxygen atoms in total. The number of anilines is 1. The SMILES string of the molecule is CCOC(=O)c1cc2c(cc1F)C(F)(F)CC(NC(=O)OC(C)(C)C)C(=O)N2Cc1ccc(OC(F)(F)F)cc1. The van der Waals surface area contributed by atoms with Crippen molar-refractivity contribution in [1.82, 2.24) is 5.32 Å². The average Bonchev–Trinajstić information content (AvgIpc) is 2.86. The highest BCUT2D eigenvalue weighted by Gasteiger charge is 2.47. The summed E-state index contributed by atoms with van der Waals surface area (Å²) in [7, 11) is 0. The predicted octanol–water partition coefficient (Wildman–Crippen LogP) is 5.82. The minimum atomic E-state index is -4.96. The van der Waals surface area contributed by atoms with E-state index in [9.17, 15) is 31.9 Å². The van der Waals surface area contributed by atoms with Crippen molar-refractivity contribution in [3.8, 4) is 5.75 Å². The minimum Gasteiger partial charge on any atom is -0.462 e. The molecule has 1 heterocycles. The van der Waals surface area contributed by atoms with Gasteiger partial charge >= 0.3 is 18.4 Å². The molecule has 0 saturated carbocycles. The molecule has 218 valence electrons. The van der Waals surface area contributed by atoms with Crippen molar-refractivity contribution in [1.29, 1.82) is 0 Å². The molecule has 0 radical (unpaired) electrons. The van der Waals surface area contributed by atoms with Gasteiger partial charge in [0.25, 0.3) is 5.92 Å². The van der Waals surface area contributed by atoms with Crippen LogP contribution in [0.3, 0.4) is 0 Å². The minimum absolute atomic E-state index is 0.150. The quantitative estimate of drug-likeness (QED) is 0.344. The number of nitrogens with zero attached hydrogens (tertiary/aromatic N) is 1. The summed E-state index contributed by atoms with van der Waals surface area (Å²) < 4.78 is 97.0. The van der Waals surface area contributed by atoms with E-state index in [0.717, 1.165) is 35.2 Å². The molecule has 1 aliphatic heterocycles. The lowest BCUT2D eigenvalue weighted by atomic mass is 9.99. The molecule has 0 saturated heterocycles. The zero-order valence-electron chi connectivity index (χ0n) is 21.8. The summed E-state index contributed by atoms with van der Waals surface area (Å²) in [4.78, 5) is 39.1. The Hall–Kier alpha value is -3.97. The van der Waals surface area contributed by atoms with Gasteiger partial charge in [-0.05, 0) is 57.5 Å². The molecule has 0 aromatic heterocycles. The molecule has 2 amide bonds. The first-order chi connectivity index (χ1) is 18.4. The zero-order valence-corrected chi connectivity index (χ0v) is 21.8. The number of alkyl halides is 5. The second-order valence-electron chi connectivity index (χ2n) is 9.79. The molecule has 1 aliphatic rings. The average molecular weight is 576 g/mol. The Morgan fingerprint density at radius 2 is 1.73 bits per heavy atom. The van der Waals surface area contributed by atoms with Gasteiger partial charge in [-0.15, -0.1) is 13.2 Å². The highest BCUT2D eigenvalue weighted by molar-refractivity contribution is 6.02. The van der Waals surface area contributed by atoms with Crippen LogP contribution < -0.4 is 15.0 Å². The van der Waals surface area contributed by atoms with Gasteiger partial charge in [0.2, 0.25) is 5.91 Å². The molecule has 1 atom stereocenters. The molecular weight excluding hydrogens is 550 g/mol. The summed E-state index contributed by atoms with van der Waals surface area (Å²) >= 11 is 0. The molecular formula is C26H26F6N2O6. The summed E-state index contributed by atoms with van der Waals surface area (Å²) in [6.45, 7) is 5.34. The Labute approximate surface area is 225 Å². The second-order valence-corrected chi connectivity index (χ2v) is 9.79. The number of nitrogens with one attached hydrogen (secondary N) is 1. The van der Waals surface area contributed by atoms with E-state index < -0.39 is 83.2 Å². The molecule has 0 fully saturated rings. The number of fused-ring (bicyclic) bond motifs is 1. The van der Waals surface area contributed by atoms with Crippen molar-refractivity contribution >= 4 is 23.7 Å². The van der Waals surface area contributed by atoms with Crippen LogP contribution in [-0.4, -0.2) is 42.6 Å². The number of rotatable bonds is 6. The normalized spacial score (nSPS) is 17.0. The molecule has 0 spiro atoms. The summed E-state index contributed by atoms with van der Waals surface area (Å²) in [5.74, 6) is -8.00. The van der Waals surface area contributed by atoms with Crippen molar-refractivity contribution in [3.63, 3.8) is 0 Å². The molecule has 0 bridgehead atoms. The molecule has 14 heteroatoms. The van der Waals surface area contributed by atoms with Crippen LogP contribution in [0, 0.1) is 5.82 Å². The van der Waals surface area contributed by atoms with Gasteiger partial charge in [0.1, 0.15) is 23.2 Å². The standard InChI is InChI=1S/C26H26F6N2O6/c1-5-38-22(36)16-10-20-17(11-18(16)27)25(28,29)12-19(33-23(37)40-24(2,3)4)21(35)34(20)13-14-6-8-15(9-7-14)39-26(30,31)32/h6-11,19H,5,12-13H2,1-4H3,(H,33,37). The second kappa shape index (κ2) is 11.3. The number of benzene rings is 2. The van der Waals surface area contributed by atoms with Gasteiger partial charge in [0.05, 0.1) is 24.4 Å². The Morgan fingerprint density at radius 1 is 1.10 bits per heavy atom. The summed E-state index contributed by atoms with van der Waals surface area (Å²) in [5.41, 5.74) is -3.08. The van der Waals surface area contributed by atoms with Crippen molar-refractivity contribution in [2.45, 2.75) is 64.6 Å². The molecule has 2 aromatic rings. The van der Waals surface area contributed by atoms with E-state index >= 15 is 8.78 Å². The van der Waals surface area contributed by atoms with Gasteiger partial charge in [-0.2, -0.15) is 0 Å². The third-order valence-corrected chi connectivity index (χ3v) is 5.48. The lowest BCUT2D eigenvalue weighted by Gasteiger charge is -2.27. The monoisotopic (exact) mass is 576 g/mol. The summed E-state index contributed by atoms with van der Waals surface area (Å²) in [6, 6.07) is 3.51. The maximum atomic E-state index is 15.5. The van der Waals surface area contributed by atoms with Crippen molar-refractivity contribution < 1.29 is 54.9 Å². The van der Waals surface area contributed by atoms with Gasteiger partial charge < -0.3 is 24.4 Å². The van der Waals surface area contributed by atoms with Crippen LogP contribution in [-0.2, 0) is 26.7 Å². The van der Waals surface area contributed by atoms with E-state index in [1.54, 1.807) is 0 Å². The lowest BCUT2D eigenvalue weighted by molar-refractivity contribution is -0.274. The summed E-state index contributed by atoms with van der Waals surface area (Å²) in [5, 5.41) is 2.12. The van der Waals surface area contributed by atoms with Gasteiger partial charge in [0.15, 0.2) is 0 Å². The van der Waals surface area contributed by atoms with E-state index in [0.29, 0.717) is 6.07 Å². The molecule has 0 aliphatic carbocycles. The molecule has 3 rings (SSSR count).